The minimum absolute atomic E-state index is 0.0356. The summed E-state index contributed by atoms with van der Waals surface area (Å²) in [6, 6.07) is 0. The first-order valence-electron chi connectivity index (χ1n) is 10.0. The molecule has 0 radical (unpaired) electrons. The van der Waals surface area contributed by atoms with Crippen LogP contribution < -0.4 is 0 Å². The van der Waals surface area contributed by atoms with Gasteiger partial charge in [-0.2, -0.15) is 0 Å². The maximum Gasteiger partial charge on any atom is 0.308 e. The van der Waals surface area contributed by atoms with Crippen LogP contribution >= 0.6 is 0 Å². The van der Waals surface area contributed by atoms with E-state index in [0.29, 0.717) is 13.2 Å². The normalized spacial score (nSPS) is 24.6. The number of hydrogen-bond donors (Lipinski definition) is 0. The molecule has 0 aromatic heterocycles. The lowest BCUT2D eigenvalue weighted by Gasteiger charge is -2.18. The average Bonchev–Trinajstić information content (AvgIpc) is 2.56. The molecule has 0 N–H and O–H groups in total. The van der Waals surface area contributed by atoms with Crippen LogP contribution in [0, 0.1) is 11.8 Å². The van der Waals surface area contributed by atoms with Crippen LogP contribution in [0.1, 0.15) is 90.9 Å². The summed E-state index contributed by atoms with van der Waals surface area (Å²) in [7, 11) is 0. The zero-order chi connectivity index (χ0) is 17.6. The second-order valence-corrected chi connectivity index (χ2v) is 6.88. The SMILES string of the molecule is CCOC(=O)C1CCCCCCCCC(C(=O)OCC)CCCC1. The van der Waals surface area contributed by atoms with Crippen molar-refractivity contribution in [3.8, 4) is 0 Å². The second-order valence-electron chi connectivity index (χ2n) is 6.88. The van der Waals surface area contributed by atoms with E-state index < -0.39 is 0 Å². The van der Waals surface area contributed by atoms with E-state index in [2.05, 4.69) is 0 Å². The van der Waals surface area contributed by atoms with Crippen molar-refractivity contribution in [2.45, 2.75) is 90.9 Å². The van der Waals surface area contributed by atoms with Crippen LogP contribution in [0.4, 0.5) is 0 Å². The molecule has 4 nitrogen and oxygen atoms in total. The van der Waals surface area contributed by atoms with E-state index in [0.717, 1.165) is 51.4 Å². The summed E-state index contributed by atoms with van der Waals surface area (Å²) < 4.78 is 10.5. The molecule has 2 unspecified atom stereocenters. The van der Waals surface area contributed by atoms with Gasteiger partial charge in [0.05, 0.1) is 25.0 Å². The average molecular weight is 341 g/mol. The Kier molecular flexibility index (Phi) is 11.6. The first-order valence-corrected chi connectivity index (χ1v) is 10.0. The van der Waals surface area contributed by atoms with Crippen molar-refractivity contribution < 1.29 is 19.1 Å². The Morgan fingerprint density at radius 1 is 0.625 bits per heavy atom. The van der Waals surface area contributed by atoms with Gasteiger partial charge in [-0.15, -0.1) is 0 Å². The number of esters is 2. The fourth-order valence-corrected chi connectivity index (χ4v) is 3.55. The Hall–Kier alpha value is -1.06. The van der Waals surface area contributed by atoms with Gasteiger partial charge in [-0.05, 0) is 39.5 Å². The van der Waals surface area contributed by atoms with Gasteiger partial charge >= 0.3 is 11.9 Å². The molecule has 1 aliphatic rings. The minimum Gasteiger partial charge on any atom is -0.466 e. The Morgan fingerprint density at radius 2 is 0.917 bits per heavy atom. The molecule has 1 saturated carbocycles. The van der Waals surface area contributed by atoms with Crippen LogP contribution in [0.2, 0.25) is 0 Å². The molecule has 24 heavy (non-hydrogen) atoms. The van der Waals surface area contributed by atoms with Crippen molar-refractivity contribution in [3.05, 3.63) is 0 Å². The Morgan fingerprint density at radius 3 is 1.25 bits per heavy atom. The quantitative estimate of drug-likeness (QED) is 0.673. The van der Waals surface area contributed by atoms with E-state index in [9.17, 15) is 9.59 Å². The van der Waals surface area contributed by atoms with Gasteiger partial charge in [-0.3, -0.25) is 9.59 Å². The number of carbonyl (C=O) groups excluding carboxylic acids is 2. The first kappa shape index (κ1) is 21.0. The molecule has 2 atom stereocenters. The molecule has 1 rings (SSSR count). The van der Waals surface area contributed by atoms with Crippen molar-refractivity contribution in [2.75, 3.05) is 13.2 Å². The topological polar surface area (TPSA) is 52.6 Å². The molecule has 140 valence electrons. The third kappa shape index (κ3) is 8.70. The van der Waals surface area contributed by atoms with E-state index in [-0.39, 0.29) is 23.8 Å². The summed E-state index contributed by atoms with van der Waals surface area (Å²) in [5.74, 6) is 0.000872. The molecule has 1 fully saturated rings. The highest BCUT2D eigenvalue weighted by molar-refractivity contribution is 5.72. The maximum absolute atomic E-state index is 12.1. The fraction of sp³-hybridized carbons (Fsp3) is 0.900. The molecule has 0 aromatic rings. The smallest absolute Gasteiger partial charge is 0.308 e. The zero-order valence-electron chi connectivity index (χ0n) is 15.7. The largest absolute Gasteiger partial charge is 0.466 e. The van der Waals surface area contributed by atoms with Gasteiger partial charge < -0.3 is 9.47 Å². The highest BCUT2D eigenvalue weighted by Crippen LogP contribution is 2.24. The van der Waals surface area contributed by atoms with Crippen molar-refractivity contribution in [1.82, 2.24) is 0 Å². The fourth-order valence-electron chi connectivity index (χ4n) is 3.55. The summed E-state index contributed by atoms with van der Waals surface area (Å²) in [5, 5.41) is 0. The third-order valence-corrected chi connectivity index (χ3v) is 4.95. The first-order chi connectivity index (χ1) is 11.7. The summed E-state index contributed by atoms with van der Waals surface area (Å²) in [4.78, 5) is 24.2. The van der Waals surface area contributed by atoms with Gasteiger partial charge in [-0.25, -0.2) is 0 Å². The summed E-state index contributed by atoms with van der Waals surface area (Å²) in [6.07, 6.45) is 12.7. The lowest BCUT2D eigenvalue weighted by atomic mass is 9.90. The van der Waals surface area contributed by atoms with Crippen molar-refractivity contribution in [1.29, 1.82) is 0 Å². The van der Waals surface area contributed by atoms with E-state index in [1.54, 1.807) is 0 Å². The molecule has 0 spiro atoms. The molecular weight excluding hydrogens is 304 g/mol. The van der Waals surface area contributed by atoms with Gasteiger partial charge in [0.25, 0.3) is 0 Å². The van der Waals surface area contributed by atoms with Crippen LogP contribution in [0.5, 0.6) is 0 Å². The molecule has 4 heteroatoms. The Bertz CT molecular complexity index is 320. The Balaban J connectivity index is 2.54. The van der Waals surface area contributed by atoms with E-state index >= 15 is 0 Å². The molecule has 0 aliphatic heterocycles. The van der Waals surface area contributed by atoms with Crippen LogP contribution in [-0.2, 0) is 19.1 Å². The van der Waals surface area contributed by atoms with Gasteiger partial charge in [0, 0.05) is 0 Å². The van der Waals surface area contributed by atoms with Crippen LogP contribution in [0.3, 0.4) is 0 Å². The molecule has 0 amide bonds. The zero-order valence-corrected chi connectivity index (χ0v) is 15.7. The Labute approximate surface area is 147 Å². The van der Waals surface area contributed by atoms with Crippen LogP contribution in [0.25, 0.3) is 0 Å². The van der Waals surface area contributed by atoms with Gasteiger partial charge in [0.2, 0.25) is 0 Å². The third-order valence-electron chi connectivity index (χ3n) is 4.95. The second kappa shape index (κ2) is 13.3. The molecule has 0 bridgehead atoms. The summed E-state index contributed by atoms with van der Waals surface area (Å²) >= 11 is 0. The monoisotopic (exact) mass is 340 g/mol. The number of hydrogen-bond acceptors (Lipinski definition) is 4. The van der Waals surface area contributed by atoms with E-state index in [4.69, 9.17) is 9.47 Å². The van der Waals surface area contributed by atoms with E-state index in [1.807, 2.05) is 13.8 Å². The van der Waals surface area contributed by atoms with Crippen molar-refractivity contribution >= 4 is 11.9 Å². The van der Waals surface area contributed by atoms with Gasteiger partial charge in [0.1, 0.15) is 0 Å². The molecule has 1 aliphatic carbocycles. The van der Waals surface area contributed by atoms with Crippen molar-refractivity contribution in [3.63, 3.8) is 0 Å². The maximum atomic E-state index is 12.1. The molecule has 0 heterocycles. The lowest BCUT2D eigenvalue weighted by Crippen LogP contribution is -2.19. The molecular formula is C20H36O4. The summed E-state index contributed by atoms with van der Waals surface area (Å²) in [6.45, 7) is 4.65. The van der Waals surface area contributed by atoms with E-state index in [1.165, 1.54) is 25.7 Å². The minimum atomic E-state index is -0.0356. The highest BCUT2D eigenvalue weighted by atomic mass is 16.5. The van der Waals surface area contributed by atoms with Crippen molar-refractivity contribution in [2.24, 2.45) is 11.8 Å². The summed E-state index contributed by atoms with van der Waals surface area (Å²) in [5.41, 5.74) is 0. The van der Waals surface area contributed by atoms with Gasteiger partial charge in [0.15, 0.2) is 0 Å². The predicted molar refractivity (Wildman–Crippen MR) is 95.7 cm³/mol. The van der Waals surface area contributed by atoms with Crippen LogP contribution in [0.15, 0.2) is 0 Å². The standard InChI is InChI=1S/C20H36O4/c1-3-23-19(21)17-13-9-7-5-6-8-10-14-18(16-12-11-15-17)20(22)24-4-2/h17-18H,3-16H2,1-2H3. The number of carbonyl (C=O) groups is 2. The van der Waals surface area contributed by atoms with Gasteiger partial charge in [-0.1, -0.05) is 51.4 Å². The van der Waals surface area contributed by atoms with Crippen LogP contribution in [-0.4, -0.2) is 25.2 Å². The molecule has 0 aromatic carbocycles. The molecule has 0 saturated heterocycles. The number of rotatable bonds is 4. The number of ether oxygens (including phenoxy) is 2. The predicted octanol–water partition coefficient (Wildman–Crippen LogP) is 5.04. The lowest BCUT2D eigenvalue weighted by molar-refractivity contribution is -0.150. The highest BCUT2D eigenvalue weighted by Gasteiger charge is 2.22.